The number of nitrogens with zero attached hydrogens (tertiary/aromatic N) is 1. The maximum atomic E-state index is 9.00. The van der Waals surface area contributed by atoms with Gasteiger partial charge in [0, 0.05) is 17.7 Å². The lowest BCUT2D eigenvalue weighted by molar-refractivity contribution is -0.695. The molecule has 82 valence electrons. The number of aromatic nitrogens is 1. The van der Waals surface area contributed by atoms with E-state index in [2.05, 4.69) is 29.0 Å². The number of hydrogen-bond acceptors (Lipinski definition) is 1. The summed E-state index contributed by atoms with van der Waals surface area (Å²) in [5, 5.41) is 9.00. The van der Waals surface area contributed by atoms with Gasteiger partial charge in [-0.05, 0) is 0 Å². The number of aliphatic hydroxyl groups is 1. The van der Waals surface area contributed by atoms with Crippen molar-refractivity contribution in [3.05, 3.63) is 66.0 Å². The second kappa shape index (κ2) is 5.42. The third-order valence-electron chi connectivity index (χ3n) is 2.60. The third kappa shape index (κ3) is 2.67. The van der Waals surface area contributed by atoms with Gasteiger partial charge >= 0.3 is 0 Å². The van der Waals surface area contributed by atoms with Crippen molar-refractivity contribution in [3.63, 3.8) is 0 Å². The van der Waals surface area contributed by atoms with Gasteiger partial charge in [-0.25, -0.2) is 0 Å². The van der Waals surface area contributed by atoms with E-state index in [-0.39, 0.29) is 6.61 Å². The molecular formula is C14H16NO+. The molecular weight excluding hydrogens is 198 g/mol. The fraction of sp³-hybridized carbons (Fsp3) is 0.214. The summed E-state index contributed by atoms with van der Waals surface area (Å²) in [5.74, 6) is 0. The molecule has 1 N–H and O–H groups in total. The molecule has 1 aromatic heterocycles. The molecule has 2 heteroatoms. The van der Waals surface area contributed by atoms with Crippen LogP contribution in [0.15, 0.2) is 54.7 Å². The van der Waals surface area contributed by atoms with Gasteiger partial charge in [-0.15, -0.1) is 0 Å². The van der Waals surface area contributed by atoms with Gasteiger partial charge in [0.15, 0.2) is 18.4 Å². The first-order valence-corrected chi connectivity index (χ1v) is 5.52. The Bertz CT molecular complexity index is 439. The summed E-state index contributed by atoms with van der Waals surface area (Å²) in [5.41, 5.74) is 2.44. The molecule has 0 fully saturated rings. The Morgan fingerprint density at radius 1 is 0.938 bits per heavy atom. The molecule has 0 saturated carbocycles. The van der Waals surface area contributed by atoms with Gasteiger partial charge in [-0.2, -0.15) is 4.57 Å². The Balaban J connectivity index is 2.21. The molecule has 0 saturated heterocycles. The fourth-order valence-electron chi connectivity index (χ4n) is 1.79. The van der Waals surface area contributed by atoms with Crippen molar-refractivity contribution in [2.24, 2.45) is 0 Å². The molecule has 0 amide bonds. The zero-order valence-electron chi connectivity index (χ0n) is 9.21. The lowest BCUT2D eigenvalue weighted by atomic mass is 10.2. The first kappa shape index (κ1) is 10.8. The lowest BCUT2D eigenvalue weighted by Crippen LogP contribution is -2.38. The monoisotopic (exact) mass is 214 g/mol. The van der Waals surface area contributed by atoms with Crippen LogP contribution >= 0.6 is 0 Å². The molecule has 0 aliphatic rings. The molecule has 1 heterocycles. The summed E-state index contributed by atoms with van der Waals surface area (Å²) < 4.78 is 2.17. The van der Waals surface area contributed by atoms with Gasteiger partial charge in [0.05, 0.1) is 13.0 Å². The first-order valence-electron chi connectivity index (χ1n) is 5.52. The molecule has 16 heavy (non-hydrogen) atoms. The minimum atomic E-state index is 0.193. The van der Waals surface area contributed by atoms with E-state index in [1.165, 1.54) is 5.56 Å². The van der Waals surface area contributed by atoms with Crippen molar-refractivity contribution < 1.29 is 9.67 Å². The quantitative estimate of drug-likeness (QED) is 0.767. The average molecular weight is 214 g/mol. The normalized spacial score (nSPS) is 10.3. The zero-order chi connectivity index (χ0) is 11.2. The van der Waals surface area contributed by atoms with Gasteiger partial charge < -0.3 is 5.11 Å². The second-order valence-electron chi connectivity index (χ2n) is 3.78. The van der Waals surface area contributed by atoms with E-state index >= 15 is 0 Å². The molecule has 2 rings (SSSR count). The standard InChI is InChI=1S/C14H16NO/c16-11-9-14-8-4-5-10-15(14)12-13-6-2-1-3-7-13/h1-8,10,16H,9,11-12H2/q+1. The van der Waals surface area contributed by atoms with Crippen LogP contribution < -0.4 is 4.57 Å². The van der Waals surface area contributed by atoms with Crippen molar-refractivity contribution in [3.8, 4) is 0 Å². The van der Waals surface area contributed by atoms with Crippen LogP contribution in [0.3, 0.4) is 0 Å². The number of hydrogen-bond donors (Lipinski definition) is 1. The molecule has 0 bridgehead atoms. The van der Waals surface area contributed by atoms with Crippen molar-refractivity contribution in [1.29, 1.82) is 0 Å². The van der Waals surface area contributed by atoms with Crippen LogP contribution in [-0.4, -0.2) is 11.7 Å². The number of pyridine rings is 1. The molecule has 0 unspecified atom stereocenters. The highest BCUT2D eigenvalue weighted by Crippen LogP contribution is 1.99. The molecule has 0 aliphatic heterocycles. The van der Waals surface area contributed by atoms with Gasteiger partial charge in [0.1, 0.15) is 0 Å². The van der Waals surface area contributed by atoms with Crippen LogP contribution in [0.5, 0.6) is 0 Å². The number of aliphatic hydroxyl groups excluding tert-OH is 1. The Hall–Kier alpha value is -1.67. The highest BCUT2D eigenvalue weighted by molar-refractivity contribution is 5.13. The maximum Gasteiger partial charge on any atom is 0.183 e. The molecule has 0 aliphatic carbocycles. The van der Waals surface area contributed by atoms with Crippen molar-refractivity contribution in [1.82, 2.24) is 0 Å². The van der Waals surface area contributed by atoms with Crippen LogP contribution in [0.25, 0.3) is 0 Å². The summed E-state index contributed by atoms with van der Waals surface area (Å²) in [6.07, 6.45) is 2.76. The minimum absolute atomic E-state index is 0.193. The topological polar surface area (TPSA) is 24.1 Å². The van der Waals surface area contributed by atoms with Crippen LogP contribution in [0.2, 0.25) is 0 Å². The van der Waals surface area contributed by atoms with Crippen molar-refractivity contribution >= 4 is 0 Å². The van der Waals surface area contributed by atoms with E-state index < -0.39 is 0 Å². The van der Waals surface area contributed by atoms with E-state index in [0.717, 1.165) is 12.2 Å². The number of rotatable bonds is 4. The van der Waals surface area contributed by atoms with Gasteiger partial charge in [0.25, 0.3) is 0 Å². The van der Waals surface area contributed by atoms with E-state index in [9.17, 15) is 0 Å². The Morgan fingerprint density at radius 2 is 1.69 bits per heavy atom. The Morgan fingerprint density at radius 3 is 2.44 bits per heavy atom. The lowest BCUT2D eigenvalue weighted by Gasteiger charge is -2.02. The van der Waals surface area contributed by atoms with Crippen molar-refractivity contribution in [2.45, 2.75) is 13.0 Å². The molecule has 2 aromatic rings. The van der Waals surface area contributed by atoms with Crippen LogP contribution in [0, 0.1) is 0 Å². The Kier molecular flexibility index (Phi) is 3.67. The first-order chi connectivity index (χ1) is 7.90. The summed E-state index contributed by atoms with van der Waals surface area (Å²) in [7, 11) is 0. The van der Waals surface area contributed by atoms with Crippen LogP contribution in [0.1, 0.15) is 11.3 Å². The van der Waals surface area contributed by atoms with Gasteiger partial charge in [0.2, 0.25) is 0 Å². The van der Waals surface area contributed by atoms with E-state index in [4.69, 9.17) is 5.11 Å². The smallest absolute Gasteiger partial charge is 0.183 e. The predicted molar refractivity (Wildman–Crippen MR) is 63.0 cm³/mol. The maximum absolute atomic E-state index is 9.00. The molecule has 1 aromatic carbocycles. The Labute approximate surface area is 95.8 Å². The van der Waals surface area contributed by atoms with Gasteiger partial charge in [-0.1, -0.05) is 36.4 Å². The third-order valence-corrected chi connectivity index (χ3v) is 2.60. The van der Waals surface area contributed by atoms with E-state index in [1.807, 2.05) is 30.3 Å². The minimum Gasteiger partial charge on any atom is -0.396 e. The molecule has 0 atom stereocenters. The summed E-state index contributed by atoms with van der Waals surface area (Å²) >= 11 is 0. The number of benzene rings is 1. The molecule has 0 spiro atoms. The van der Waals surface area contributed by atoms with Crippen LogP contribution in [-0.2, 0) is 13.0 Å². The summed E-state index contributed by atoms with van der Waals surface area (Å²) in [4.78, 5) is 0. The second-order valence-corrected chi connectivity index (χ2v) is 3.78. The summed E-state index contributed by atoms with van der Waals surface area (Å²) in [6.45, 7) is 1.05. The summed E-state index contributed by atoms with van der Waals surface area (Å²) in [6, 6.07) is 16.4. The van der Waals surface area contributed by atoms with E-state index in [0.29, 0.717) is 6.42 Å². The largest absolute Gasteiger partial charge is 0.396 e. The highest BCUT2D eigenvalue weighted by Gasteiger charge is 2.08. The SMILES string of the molecule is OCCc1cccc[n+]1Cc1ccccc1. The van der Waals surface area contributed by atoms with Gasteiger partial charge in [-0.3, -0.25) is 0 Å². The highest BCUT2D eigenvalue weighted by atomic mass is 16.3. The fourth-order valence-corrected chi connectivity index (χ4v) is 1.79. The van der Waals surface area contributed by atoms with E-state index in [1.54, 1.807) is 0 Å². The zero-order valence-corrected chi connectivity index (χ0v) is 9.21. The molecule has 0 radical (unpaired) electrons. The molecule has 2 nitrogen and oxygen atoms in total. The average Bonchev–Trinajstić information content (AvgIpc) is 2.33. The van der Waals surface area contributed by atoms with Crippen molar-refractivity contribution in [2.75, 3.05) is 6.61 Å². The van der Waals surface area contributed by atoms with Crippen LogP contribution in [0.4, 0.5) is 0 Å². The predicted octanol–water partition coefficient (Wildman–Crippen LogP) is 1.56.